The molecule has 0 aromatic heterocycles. The van der Waals surface area contributed by atoms with Crippen molar-refractivity contribution in [2.75, 3.05) is 13.2 Å². The highest BCUT2D eigenvalue weighted by molar-refractivity contribution is 8.24. The van der Waals surface area contributed by atoms with Gasteiger partial charge in [0.2, 0.25) is 0 Å². The van der Waals surface area contributed by atoms with E-state index >= 15 is 0 Å². The molecule has 0 spiro atoms. The predicted octanol–water partition coefficient (Wildman–Crippen LogP) is 8.07. The molecule has 1 heterocycles. The fourth-order valence-corrected chi connectivity index (χ4v) is 9.26. The number of benzene rings is 2. The monoisotopic (exact) mass is 858 g/mol. The number of rotatable bonds is 16. The van der Waals surface area contributed by atoms with Crippen LogP contribution in [0.25, 0.3) is 4.85 Å². The van der Waals surface area contributed by atoms with E-state index in [1.54, 1.807) is 43.3 Å². The Morgan fingerprint density at radius 1 is 0.800 bits per heavy atom. The van der Waals surface area contributed by atoms with Gasteiger partial charge in [-0.15, -0.1) is 0 Å². The van der Waals surface area contributed by atoms with Crippen molar-refractivity contribution in [1.82, 2.24) is 0 Å². The van der Waals surface area contributed by atoms with E-state index in [1.807, 2.05) is 6.07 Å². The van der Waals surface area contributed by atoms with Crippen LogP contribution in [0.5, 0.6) is 17.2 Å². The molecule has 5 rings (SSSR count). The van der Waals surface area contributed by atoms with Crippen molar-refractivity contribution in [3.8, 4) is 23.3 Å². The van der Waals surface area contributed by atoms with Crippen molar-refractivity contribution in [2.45, 2.75) is 100 Å². The van der Waals surface area contributed by atoms with Crippen molar-refractivity contribution in [3.63, 3.8) is 0 Å². The third-order valence-electron chi connectivity index (χ3n) is 10.3. The first kappa shape index (κ1) is 45.5. The molecule has 16 heteroatoms. The van der Waals surface area contributed by atoms with Gasteiger partial charge in [0.05, 0.1) is 63.9 Å². The molecular weight excluding hydrogens is 813 g/mol. The Morgan fingerprint density at radius 3 is 1.80 bits per heavy atom. The molecule has 2 aromatic rings. The van der Waals surface area contributed by atoms with Gasteiger partial charge in [-0.05, 0) is 94.0 Å². The number of carbonyl (C=O) groups excluding carboxylic acids is 6. The summed E-state index contributed by atoms with van der Waals surface area (Å²) in [6, 6.07) is 11.9. The molecule has 1 aliphatic heterocycles. The van der Waals surface area contributed by atoms with Crippen LogP contribution < -0.4 is 14.2 Å². The van der Waals surface area contributed by atoms with E-state index in [-0.39, 0.29) is 49.4 Å². The number of thioether (sulfide) groups is 2. The molecule has 316 valence electrons. The maximum atomic E-state index is 13.4. The van der Waals surface area contributed by atoms with Crippen LogP contribution in [-0.4, -0.2) is 55.1 Å². The lowest BCUT2D eigenvalue weighted by atomic mass is 9.82. The molecule has 1 unspecified atom stereocenters. The average molecular weight is 859 g/mol. The second-order valence-electron chi connectivity index (χ2n) is 14.8. The quantitative estimate of drug-likeness (QED) is 0.0394. The van der Waals surface area contributed by atoms with E-state index < -0.39 is 47.8 Å². The summed E-state index contributed by atoms with van der Waals surface area (Å²) in [7, 11) is 0. The zero-order valence-electron chi connectivity index (χ0n) is 33.4. The molecule has 2 aromatic carbocycles. The molecule has 0 bridgehead atoms. The summed E-state index contributed by atoms with van der Waals surface area (Å²) in [5, 5.41) is 9.53. The van der Waals surface area contributed by atoms with Crippen LogP contribution in [0.3, 0.4) is 0 Å². The van der Waals surface area contributed by atoms with Crippen molar-refractivity contribution >= 4 is 59.3 Å². The Balaban J connectivity index is 1.05. The van der Waals surface area contributed by atoms with Crippen LogP contribution >= 0.6 is 23.5 Å². The second-order valence-corrected chi connectivity index (χ2v) is 17.1. The van der Waals surface area contributed by atoms with Gasteiger partial charge < -0.3 is 28.4 Å². The summed E-state index contributed by atoms with van der Waals surface area (Å²) in [5.74, 6) is -2.61. The summed E-state index contributed by atoms with van der Waals surface area (Å²) in [4.78, 5) is 79.1. The van der Waals surface area contributed by atoms with Gasteiger partial charge in [-0.3, -0.25) is 24.0 Å². The van der Waals surface area contributed by atoms with E-state index in [0.717, 1.165) is 60.8 Å². The number of fused-ring (bicyclic) bond motifs is 1. The fourth-order valence-electron chi connectivity index (χ4n) is 6.79. The topological polar surface area (TPSA) is 186 Å². The number of allylic oxidation sites excluding steroid dienone is 1. The summed E-state index contributed by atoms with van der Waals surface area (Å²) in [6.07, 6.45) is 5.48. The molecule has 14 nitrogen and oxygen atoms in total. The third-order valence-corrected chi connectivity index (χ3v) is 12.9. The number of hydrogen-bond donors (Lipinski definition) is 0. The Morgan fingerprint density at radius 2 is 1.30 bits per heavy atom. The van der Waals surface area contributed by atoms with Crippen LogP contribution in [0, 0.1) is 41.6 Å². The third kappa shape index (κ3) is 13.0. The minimum atomic E-state index is -0.652. The van der Waals surface area contributed by atoms with Gasteiger partial charge >= 0.3 is 35.8 Å². The van der Waals surface area contributed by atoms with E-state index in [0.29, 0.717) is 63.5 Å². The lowest BCUT2D eigenvalue weighted by Gasteiger charge is -2.26. The summed E-state index contributed by atoms with van der Waals surface area (Å²) < 4.78 is 32.9. The van der Waals surface area contributed by atoms with Crippen LogP contribution in [0.2, 0.25) is 0 Å². The molecule has 2 fully saturated rings. The van der Waals surface area contributed by atoms with Crippen LogP contribution in [0.4, 0.5) is 0 Å². The minimum Gasteiger partial charge on any atom is -0.465 e. The maximum absolute atomic E-state index is 13.4. The van der Waals surface area contributed by atoms with Gasteiger partial charge in [-0.25, -0.2) is 14.9 Å². The van der Waals surface area contributed by atoms with Gasteiger partial charge in [-0.2, -0.15) is 0 Å². The van der Waals surface area contributed by atoms with Gasteiger partial charge in [0.1, 0.15) is 30.0 Å². The number of hydrogen-bond acceptors (Lipinski definition) is 15. The average Bonchev–Trinajstić information content (AvgIpc) is 3.70. The first-order valence-corrected chi connectivity index (χ1v) is 21.4. The normalized spacial score (nSPS) is 20.7. The first-order valence-electron chi connectivity index (χ1n) is 19.8. The van der Waals surface area contributed by atoms with E-state index in [4.69, 9.17) is 35.0 Å². The minimum absolute atomic E-state index is 0.0799. The van der Waals surface area contributed by atoms with E-state index in [2.05, 4.69) is 18.3 Å². The molecule has 60 heavy (non-hydrogen) atoms. The van der Waals surface area contributed by atoms with Crippen LogP contribution in [-0.2, 0) is 49.4 Å². The summed E-state index contributed by atoms with van der Waals surface area (Å²) in [6.45, 7) is 14.4. The number of carbonyl (C=O) groups is 6. The Bertz CT molecular complexity index is 2050. The Labute approximate surface area is 357 Å². The van der Waals surface area contributed by atoms with Crippen LogP contribution in [0.15, 0.2) is 68.8 Å². The molecule has 2 saturated carbocycles. The molecule has 2 aliphatic carbocycles. The zero-order chi connectivity index (χ0) is 43.2. The van der Waals surface area contributed by atoms with Gasteiger partial charge in [0.15, 0.2) is 0 Å². The highest BCUT2D eigenvalue weighted by Crippen LogP contribution is 2.59. The lowest BCUT2D eigenvalue weighted by Crippen LogP contribution is -2.30. The summed E-state index contributed by atoms with van der Waals surface area (Å²) >= 11 is 2.28. The summed E-state index contributed by atoms with van der Waals surface area (Å²) in [5.41, 5.74) is 0.728. The van der Waals surface area contributed by atoms with Gasteiger partial charge in [0.25, 0.3) is 5.70 Å². The Hall–Kier alpha value is -5.58. The molecule has 1 atom stereocenters. The molecule has 3 aliphatic rings. The van der Waals surface area contributed by atoms with Crippen molar-refractivity contribution in [3.05, 3.63) is 76.0 Å². The number of ether oxygens (including phenoxy) is 6. The molecular formula is C44H46N2O12S2. The number of nitriles is 1. The molecule has 0 N–H and O–H groups in total. The second kappa shape index (κ2) is 22.1. The number of esters is 6. The highest BCUT2D eigenvalue weighted by atomic mass is 32.2. The largest absolute Gasteiger partial charge is 0.465 e. The fraction of sp³-hybridized carbons (Fsp3) is 0.455. The van der Waals surface area contributed by atoms with Crippen molar-refractivity contribution < 1.29 is 57.2 Å². The predicted molar refractivity (Wildman–Crippen MR) is 218 cm³/mol. The van der Waals surface area contributed by atoms with E-state index in [1.165, 1.54) is 0 Å². The number of nitrogens with zero attached hydrogens (tertiary/aromatic N) is 2. The van der Waals surface area contributed by atoms with Crippen LogP contribution in [0.1, 0.15) is 83.6 Å². The highest BCUT2D eigenvalue weighted by Gasteiger charge is 2.35. The van der Waals surface area contributed by atoms with Gasteiger partial charge in [-0.1, -0.05) is 49.2 Å². The van der Waals surface area contributed by atoms with E-state index in [9.17, 15) is 34.0 Å². The lowest BCUT2D eigenvalue weighted by molar-refractivity contribution is -0.156. The smallest absolute Gasteiger partial charge is 0.330 e. The Kier molecular flexibility index (Phi) is 16.8. The molecule has 0 saturated heterocycles. The first-order chi connectivity index (χ1) is 28.9. The van der Waals surface area contributed by atoms with Gasteiger partial charge in [0, 0.05) is 12.5 Å². The standard InChI is InChI=1S/C44H46N2O12S2/c1-5-36(47)55-27(3)25-54-38(49)21-20-37(48)53-23-22-28-8-16-32(17-9-28)56-41(50)30-12-14-31(15-13-30)43(52)58-35-19-18-34(57-42(51)29-10-6-26(2)7-11-29)39-40(35)60-44(59-39)33(24-45)46-4/h5,8-9,16-19,26-27,29-31H,1,6-7,10-15,20-23,25H2,2-3H3/b44-33-. The molecule has 0 radical (unpaired) electrons. The molecule has 0 amide bonds. The maximum Gasteiger partial charge on any atom is 0.330 e. The zero-order valence-corrected chi connectivity index (χ0v) is 35.1. The van der Waals surface area contributed by atoms with Crippen molar-refractivity contribution in [2.24, 2.45) is 23.7 Å². The van der Waals surface area contributed by atoms with Crippen molar-refractivity contribution in [1.29, 1.82) is 5.26 Å². The SMILES string of the molecule is [C-]#[N+]/C(C#N)=C1/Sc2c(OC(=O)C3CCC(C)CC3)ccc(OC(=O)C3CCC(C(=O)Oc4ccc(CCOC(=O)CCC(=O)OCC(C)OC(=O)C=C)cc4)CC3)c2S1.